The molecule has 1 unspecified atom stereocenters. The summed E-state index contributed by atoms with van der Waals surface area (Å²) in [5, 5.41) is 0. The van der Waals surface area contributed by atoms with E-state index in [2.05, 4.69) is 118 Å². The topological polar surface area (TPSA) is 0 Å². The predicted molar refractivity (Wildman–Crippen MR) is 211 cm³/mol. The second-order valence-electron chi connectivity index (χ2n) is 18.3. The van der Waals surface area contributed by atoms with Gasteiger partial charge in [0.25, 0.3) is 0 Å². The average Bonchev–Trinajstić information content (AvgIpc) is 3.65. The summed E-state index contributed by atoms with van der Waals surface area (Å²) in [6, 6.07) is 24.2. The van der Waals surface area contributed by atoms with Crippen molar-refractivity contribution in [1.82, 2.24) is 0 Å². The molecule has 6 rings (SSSR count). The Morgan fingerprint density at radius 3 is 1.26 bits per heavy atom. The Balaban J connectivity index is 0.00000360. The van der Waals surface area contributed by atoms with E-state index >= 15 is 0 Å². The van der Waals surface area contributed by atoms with E-state index in [1.165, 1.54) is 42.2 Å². The van der Waals surface area contributed by atoms with E-state index in [1.54, 1.807) is 24.3 Å². The van der Waals surface area contributed by atoms with Crippen molar-refractivity contribution in [2.75, 3.05) is 0 Å². The molecule has 0 nitrogen and oxygen atoms in total. The van der Waals surface area contributed by atoms with Gasteiger partial charge in [-0.25, -0.2) is 0 Å². The van der Waals surface area contributed by atoms with Gasteiger partial charge in [-0.3, -0.25) is 0 Å². The maximum atomic E-state index is 14.0. The molecule has 0 saturated carbocycles. The zero-order valence-corrected chi connectivity index (χ0v) is 38.3. The molecule has 0 aromatic heterocycles. The second kappa shape index (κ2) is 16.7. The summed E-state index contributed by atoms with van der Waals surface area (Å²) in [6.07, 6.45) is -2.46. The smallest absolute Gasteiger partial charge is 1.00 e. The molecule has 2 aliphatic carbocycles. The first-order chi connectivity index (χ1) is 25.4. The summed E-state index contributed by atoms with van der Waals surface area (Å²) in [7, 11) is 0. The second-order valence-corrected chi connectivity index (χ2v) is 24.4. The Labute approximate surface area is 355 Å². The number of alkyl halides is 6. The van der Waals surface area contributed by atoms with Crippen molar-refractivity contribution in [1.29, 1.82) is 0 Å². The maximum absolute atomic E-state index is 14.0. The molecule has 0 bridgehead atoms. The number of halogens is 8. The molecule has 0 spiro atoms. The number of fused-ring (bicyclic) bond motifs is 3. The minimum Gasteiger partial charge on any atom is -1.00 e. The van der Waals surface area contributed by atoms with E-state index in [9.17, 15) is 26.3 Å². The van der Waals surface area contributed by atoms with Crippen LogP contribution in [0.5, 0.6) is 0 Å². The Hall–Kier alpha value is -2.73. The monoisotopic (exact) mass is 902 g/mol. The number of allylic oxidation sites excluding steroid dienone is 4. The quantitative estimate of drug-likeness (QED) is 0.170. The molecule has 2 aliphatic rings. The van der Waals surface area contributed by atoms with Crippen LogP contribution in [0.2, 0.25) is 0 Å². The fourth-order valence-corrected chi connectivity index (χ4v) is 17.7. The molecule has 0 radical (unpaired) electrons. The molecular formula is C48H52Cl2F6Zr. The molecule has 0 N–H and O–H groups in total. The third-order valence-electron chi connectivity index (χ3n) is 11.2. The number of hydrogen-bond donors (Lipinski definition) is 0. The molecule has 0 amide bonds. The summed E-state index contributed by atoms with van der Waals surface area (Å²) in [5.74, 6) is 0.114. The molecule has 9 heteroatoms. The fraction of sp³-hybridized carbons (Fsp3) is 0.396. The van der Waals surface area contributed by atoms with Crippen molar-refractivity contribution in [3.05, 3.63) is 150 Å². The largest absolute Gasteiger partial charge is 1.00 e. The first-order valence-corrected chi connectivity index (χ1v) is 23.1. The van der Waals surface area contributed by atoms with E-state index in [0.717, 1.165) is 40.3 Å². The van der Waals surface area contributed by atoms with Crippen LogP contribution in [0.15, 0.2) is 106 Å². The van der Waals surface area contributed by atoms with Crippen LogP contribution in [0.1, 0.15) is 130 Å². The minimum atomic E-state index is -4.53. The van der Waals surface area contributed by atoms with Gasteiger partial charge in [0.1, 0.15) is 0 Å². The molecular weight excluding hydrogens is 853 g/mol. The van der Waals surface area contributed by atoms with Crippen LogP contribution >= 0.6 is 0 Å². The van der Waals surface area contributed by atoms with Crippen LogP contribution in [0.3, 0.4) is 0 Å². The van der Waals surface area contributed by atoms with Gasteiger partial charge in [0.05, 0.1) is 0 Å². The van der Waals surface area contributed by atoms with Crippen molar-refractivity contribution in [3.63, 3.8) is 0 Å². The Morgan fingerprint density at radius 2 is 0.930 bits per heavy atom. The molecule has 0 fully saturated rings. The maximum Gasteiger partial charge on any atom is -1.00 e. The summed E-state index contributed by atoms with van der Waals surface area (Å²) in [6.45, 7) is 22.0. The predicted octanol–water partition coefficient (Wildman–Crippen LogP) is 8.57. The van der Waals surface area contributed by atoms with E-state index in [0.29, 0.717) is 11.1 Å². The van der Waals surface area contributed by atoms with E-state index < -0.39 is 44.7 Å². The van der Waals surface area contributed by atoms with Gasteiger partial charge in [0.2, 0.25) is 0 Å². The van der Waals surface area contributed by atoms with Crippen molar-refractivity contribution in [3.8, 4) is 11.1 Å². The SMILES string of the molecule is CCCC1C=C(C(C)(C)C)C=[C]1[Zr+2](=[C](c1ccc(C(F)(F)F)cc1)c1ccc(C(F)(F)F)cc1)[CH]1c2ccc(C(C)(C)C)cc2-c2cc(C(C)(C)C)ccc21.[Cl-].[Cl-]. The number of rotatable bonds is 6. The normalized spacial score (nSPS) is 15.7. The molecule has 4 aromatic carbocycles. The first kappa shape index (κ1) is 47.0. The van der Waals surface area contributed by atoms with Crippen molar-refractivity contribution in [2.24, 2.45) is 11.3 Å². The van der Waals surface area contributed by atoms with Crippen molar-refractivity contribution >= 4 is 3.21 Å². The van der Waals surface area contributed by atoms with Crippen LogP contribution in [0, 0.1) is 11.3 Å². The van der Waals surface area contributed by atoms with E-state index in [-0.39, 0.29) is 50.6 Å². The van der Waals surface area contributed by atoms with Gasteiger partial charge in [-0.15, -0.1) is 0 Å². The molecule has 1 atom stereocenters. The summed E-state index contributed by atoms with van der Waals surface area (Å²) in [4.78, 5) is 0. The summed E-state index contributed by atoms with van der Waals surface area (Å²) < 4.78 is 86.1. The minimum absolute atomic E-state index is 0. The summed E-state index contributed by atoms with van der Waals surface area (Å²) >= 11 is -3.57. The molecule has 304 valence electrons. The molecule has 0 heterocycles. The van der Waals surface area contributed by atoms with Gasteiger partial charge < -0.3 is 24.8 Å². The van der Waals surface area contributed by atoms with Crippen molar-refractivity contribution in [2.45, 2.75) is 109 Å². The van der Waals surface area contributed by atoms with Crippen molar-refractivity contribution < 1.29 is 72.4 Å². The molecule has 0 saturated heterocycles. The Bertz CT molecular complexity index is 2060. The third kappa shape index (κ3) is 9.68. The zero-order chi connectivity index (χ0) is 40.5. The fourth-order valence-electron chi connectivity index (χ4n) is 8.00. The molecule has 4 aromatic rings. The van der Waals surface area contributed by atoms with Gasteiger partial charge >= 0.3 is 333 Å². The Morgan fingerprint density at radius 1 is 0.544 bits per heavy atom. The van der Waals surface area contributed by atoms with Gasteiger partial charge in [0.15, 0.2) is 0 Å². The van der Waals surface area contributed by atoms with Gasteiger partial charge in [-0.05, 0) is 0 Å². The summed E-state index contributed by atoms with van der Waals surface area (Å²) in [5.41, 5.74) is 7.76. The van der Waals surface area contributed by atoms with E-state index in [4.69, 9.17) is 0 Å². The third-order valence-corrected chi connectivity index (χ3v) is 19.7. The standard InChI is InChI=1S/C21H25.C15H8F6.C12H19.2ClH.Zr/c1-20(2,3)16-9-7-14-11-15-8-10-17(21(4,5)6)13-19(15)18(14)12-16;16-14(17,18)12-5-1-10(2-6-12)9-11-3-7-13(8-4-11)15(19,20)21;1-5-6-10-7-8-11(9-10)12(2,3)4;;;/h7-13H,1-6H3;1-8H;8-10H,5-6H2,1-4H3;2*1H;/q;;;;;+2/p-2. The molecule has 57 heavy (non-hydrogen) atoms. The zero-order valence-electron chi connectivity index (χ0n) is 34.3. The van der Waals surface area contributed by atoms with Crippen LogP contribution in [-0.4, -0.2) is 3.21 Å². The van der Waals surface area contributed by atoms with Gasteiger partial charge in [-0.1, -0.05) is 0 Å². The van der Waals surface area contributed by atoms with Crippen LogP contribution in [-0.2, 0) is 44.4 Å². The average molecular weight is 905 g/mol. The Kier molecular flexibility index (Phi) is 13.8. The number of benzene rings is 4. The van der Waals surface area contributed by atoms with Gasteiger partial charge in [-0.2, -0.15) is 0 Å². The molecule has 0 aliphatic heterocycles. The van der Waals surface area contributed by atoms with Crippen LogP contribution < -0.4 is 24.8 Å². The van der Waals surface area contributed by atoms with Crippen LogP contribution in [0.4, 0.5) is 26.3 Å². The van der Waals surface area contributed by atoms with Gasteiger partial charge in [0, 0.05) is 0 Å². The number of hydrogen-bond acceptors (Lipinski definition) is 0. The van der Waals surface area contributed by atoms with Crippen LogP contribution in [0.25, 0.3) is 11.1 Å². The van der Waals surface area contributed by atoms with E-state index in [1.807, 2.05) is 0 Å². The first-order valence-electron chi connectivity index (χ1n) is 19.2.